The minimum atomic E-state index is -0.0623. The van der Waals surface area contributed by atoms with E-state index in [9.17, 15) is 4.79 Å². The van der Waals surface area contributed by atoms with Crippen molar-refractivity contribution in [1.29, 1.82) is 0 Å². The second-order valence-electron chi connectivity index (χ2n) is 5.56. The molecule has 0 saturated carbocycles. The maximum atomic E-state index is 11.8. The smallest absolute Gasteiger partial charge is 0.277 e. The summed E-state index contributed by atoms with van der Waals surface area (Å²) in [6, 6.07) is 7.34. The van der Waals surface area contributed by atoms with Gasteiger partial charge >= 0.3 is 0 Å². The molecule has 8 heteroatoms. The predicted octanol–water partition coefficient (Wildman–Crippen LogP) is 3.16. The molecule has 1 heterocycles. The van der Waals surface area contributed by atoms with Gasteiger partial charge in [-0.2, -0.15) is 0 Å². The highest BCUT2D eigenvalue weighted by Gasteiger charge is 2.11. The molecule has 0 bridgehead atoms. The third-order valence-electron chi connectivity index (χ3n) is 3.50. The molecule has 0 aliphatic rings. The van der Waals surface area contributed by atoms with E-state index in [1.54, 1.807) is 7.11 Å². The van der Waals surface area contributed by atoms with Gasteiger partial charge in [0.2, 0.25) is 11.8 Å². The summed E-state index contributed by atoms with van der Waals surface area (Å²) in [4.78, 5) is 11.8. The Labute approximate surface area is 157 Å². The number of nitrogens with one attached hydrogen (secondary N) is 1. The lowest BCUT2D eigenvalue weighted by Crippen LogP contribution is -2.26. The highest BCUT2D eigenvalue weighted by atomic mass is 32.2. The van der Waals surface area contributed by atoms with Gasteiger partial charge in [0, 0.05) is 25.3 Å². The van der Waals surface area contributed by atoms with Crippen LogP contribution in [0.1, 0.15) is 26.2 Å². The highest BCUT2D eigenvalue weighted by Crippen LogP contribution is 2.24. The SMILES string of the molecule is CCCCOCCCNC(=O)CSc1nnc(-c2ccc(OC)cc2)o1. The summed E-state index contributed by atoms with van der Waals surface area (Å²) in [5, 5.41) is 11.2. The monoisotopic (exact) mass is 379 g/mol. The van der Waals surface area contributed by atoms with Crippen LogP contribution in [0.25, 0.3) is 11.5 Å². The zero-order chi connectivity index (χ0) is 18.6. The molecule has 1 N–H and O–H groups in total. The van der Waals surface area contributed by atoms with Crippen LogP contribution < -0.4 is 10.1 Å². The molecule has 1 aromatic carbocycles. The van der Waals surface area contributed by atoms with Crippen molar-refractivity contribution in [2.24, 2.45) is 0 Å². The number of aromatic nitrogens is 2. The molecule has 0 unspecified atom stereocenters. The molecule has 2 rings (SSSR count). The molecule has 0 spiro atoms. The Morgan fingerprint density at radius 2 is 1.96 bits per heavy atom. The van der Waals surface area contributed by atoms with Gasteiger partial charge in [0.15, 0.2) is 0 Å². The van der Waals surface area contributed by atoms with Crippen molar-refractivity contribution >= 4 is 17.7 Å². The number of thioether (sulfide) groups is 1. The fourth-order valence-corrected chi connectivity index (χ4v) is 2.64. The average molecular weight is 379 g/mol. The molecule has 0 saturated heterocycles. The first kappa shape index (κ1) is 20.3. The maximum absolute atomic E-state index is 11.8. The van der Waals surface area contributed by atoms with Crippen LogP contribution in [0, 0.1) is 0 Å². The molecule has 2 aromatic rings. The van der Waals surface area contributed by atoms with E-state index in [1.165, 1.54) is 11.8 Å². The summed E-state index contributed by atoms with van der Waals surface area (Å²) in [6.07, 6.45) is 3.01. The number of ether oxygens (including phenoxy) is 2. The average Bonchev–Trinajstić information content (AvgIpc) is 3.15. The van der Waals surface area contributed by atoms with Crippen molar-refractivity contribution in [2.45, 2.75) is 31.4 Å². The van der Waals surface area contributed by atoms with Crippen molar-refractivity contribution in [2.75, 3.05) is 32.6 Å². The molecular weight excluding hydrogens is 354 g/mol. The van der Waals surface area contributed by atoms with E-state index >= 15 is 0 Å². The van der Waals surface area contributed by atoms with Crippen molar-refractivity contribution in [1.82, 2.24) is 15.5 Å². The van der Waals surface area contributed by atoms with Gasteiger partial charge in [-0.1, -0.05) is 25.1 Å². The van der Waals surface area contributed by atoms with Crippen molar-refractivity contribution in [3.8, 4) is 17.2 Å². The van der Waals surface area contributed by atoms with E-state index < -0.39 is 0 Å². The van der Waals surface area contributed by atoms with Crippen LogP contribution in [-0.4, -0.2) is 48.7 Å². The second-order valence-corrected chi connectivity index (χ2v) is 6.49. The van der Waals surface area contributed by atoms with Gasteiger partial charge in [-0.25, -0.2) is 0 Å². The summed E-state index contributed by atoms with van der Waals surface area (Å²) >= 11 is 1.22. The Morgan fingerprint density at radius 1 is 1.19 bits per heavy atom. The number of nitrogens with zero attached hydrogens (tertiary/aromatic N) is 2. The van der Waals surface area contributed by atoms with Crippen molar-refractivity contribution in [3.05, 3.63) is 24.3 Å². The Morgan fingerprint density at radius 3 is 2.69 bits per heavy atom. The van der Waals surface area contributed by atoms with E-state index in [2.05, 4.69) is 22.4 Å². The number of hydrogen-bond donors (Lipinski definition) is 1. The second kappa shape index (κ2) is 11.5. The van der Waals surface area contributed by atoms with Gasteiger partial charge in [-0.05, 0) is 37.1 Å². The minimum Gasteiger partial charge on any atom is -0.497 e. The van der Waals surface area contributed by atoms with Gasteiger partial charge in [-0.15, -0.1) is 10.2 Å². The first-order valence-corrected chi connectivity index (χ1v) is 9.66. The number of methoxy groups -OCH3 is 1. The standard InChI is InChI=1S/C18H25N3O4S/c1-3-4-11-24-12-5-10-19-16(22)13-26-18-21-20-17(25-18)14-6-8-15(23-2)9-7-14/h6-9H,3-5,10-13H2,1-2H3,(H,19,22). The van der Waals surface area contributed by atoms with E-state index in [-0.39, 0.29) is 11.7 Å². The molecule has 7 nitrogen and oxygen atoms in total. The Kier molecular flexibility index (Phi) is 8.99. The Bertz CT molecular complexity index is 661. The highest BCUT2D eigenvalue weighted by molar-refractivity contribution is 7.99. The molecule has 0 aliphatic carbocycles. The molecular formula is C18H25N3O4S. The number of carbonyl (C=O) groups excluding carboxylic acids is 1. The summed E-state index contributed by atoms with van der Waals surface area (Å²) in [7, 11) is 1.61. The van der Waals surface area contributed by atoms with Crippen molar-refractivity contribution in [3.63, 3.8) is 0 Å². The van der Waals surface area contributed by atoms with Crippen LogP contribution in [0.15, 0.2) is 33.9 Å². The van der Waals surface area contributed by atoms with E-state index in [0.717, 1.165) is 37.2 Å². The molecule has 1 aromatic heterocycles. The van der Waals surface area contributed by atoms with Gasteiger partial charge in [0.1, 0.15) is 5.75 Å². The minimum absolute atomic E-state index is 0.0623. The Balaban J connectivity index is 1.66. The molecule has 0 radical (unpaired) electrons. The Hall–Kier alpha value is -2.06. The van der Waals surface area contributed by atoms with Crippen LogP contribution >= 0.6 is 11.8 Å². The first-order chi connectivity index (χ1) is 12.7. The van der Waals surface area contributed by atoms with E-state index in [1.807, 2.05) is 24.3 Å². The number of carbonyl (C=O) groups is 1. The summed E-state index contributed by atoms with van der Waals surface area (Å²) in [5.74, 6) is 1.35. The summed E-state index contributed by atoms with van der Waals surface area (Å²) < 4.78 is 16.1. The fraction of sp³-hybridized carbons (Fsp3) is 0.500. The quantitative estimate of drug-likeness (QED) is 0.448. The van der Waals surface area contributed by atoms with Crippen molar-refractivity contribution < 1.29 is 18.7 Å². The zero-order valence-electron chi connectivity index (χ0n) is 15.2. The molecule has 0 fully saturated rings. The van der Waals surface area contributed by atoms with Crippen LogP contribution in [0.3, 0.4) is 0 Å². The molecule has 142 valence electrons. The molecule has 1 amide bonds. The number of amides is 1. The fourth-order valence-electron chi connectivity index (χ4n) is 2.05. The largest absolute Gasteiger partial charge is 0.497 e. The van der Waals surface area contributed by atoms with Gasteiger partial charge in [-0.3, -0.25) is 4.79 Å². The zero-order valence-corrected chi connectivity index (χ0v) is 16.0. The van der Waals surface area contributed by atoms with Crippen LogP contribution in [-0.2, 0) is 9.53 Å². The van der Waals surface area contributed by atoms with Gasteiger partial charge < -0.3 is 19.2 Å². The summed E-state index contributed by atoms with van der Waals surface area (Å²) in [5.41, 5.74) is 0.803. The predicted molar refractivity (Wildman–Crippen MR) is 100 cm³/mol. The molecule has 26 heavy (non-hydrogen) atoms. The molecule has 0 atom stereocenters. The lowest BCUT2D eigenvalue weighted by atomic mass is 10.2. The third kappa shape index (κ3) is 7.05. The van der Waals surface area contributed by atoms with Gasteiger partial charge in [0.25, 0.3) is 5.22 Å². The number of benzene rings is 1. The summed E-state index contributed by atoms with van der Waals surface area (Å²) in [6.45, 7) is 4.19. The first-order valence-electron chi connectivity index (χ1n) is 8.68. The lowest BCUT2D eigenvalue weighted by Gasteiger charge is -2.05. The number of hydrogen-bond acceptors (Lipinski definition) is 7. The normalized spacial score (nSPS) is 10.7. The lowest BCUT2D eigenvalue weighted by molar-refractivity contribution is -0.118. The van der Waals surface area contributed by atoms with E-state index in [0.29, 0.717) is 24.3 Å². The number of unbranched alkanes of at least 4 members (excludes halogenated alkanes) is 1. The maximum Gasteiger partial charge on any atom is 0.277 e. The van der Waals surface area contributed by atoms with Crippen LogP contribution in [0.2, 0.25) is 0 Å². The third-order valence-corrected chi connectivity index (χ3v) is 4.32. The van der Waals surface area contributed by atoms with Gasteiger partial charge in [0.05, 0.1) is 12.9 Å². The van der Waals surface area contributed by atoms with Crippen LogP contribution in [0.4, 0.5) is 0 Å². The number of rotatable bonds is 12. The van der Waals surface area contributed by atoms with E-state index in [4.69, 9.17) is 13.9 Å². The molecule has 0 aliphatic heterocycles. The topological polar surface area (TPSA) is 86.5 Å². The van der Waals surface area contributed by atoms with Crippen LogP contribution in [0.5, 0.6) is 5.75 Å².